The van der Waals surface area contributed by atoms with Crippen molar-refractivity contribution in [3.63, 3.8) is 0 Å². The molecule has 1 aliphatic heterocycles. The Kier molecular flexibility index (Phi) is 5.49. The van der Waals surface area contributed by atoms with Crippen LogP contribution in [0.25, 0.3) is 17.2 Å². The summed E-state index contributed by atoms with van der Waals surface area (Å²) in [6, 6.07) is 10.4. The summed E-state index contributed by atoms with van der Waals surface area (Å²) in [5.41, 5.74) is 8.19. The molecule has 30 heavy (non-hydrogen) atoms. The number of fused-ring (bicyclic) bond motifs is 1. The van der Waals surface area contributed by atoms with Crippen LogP contribution < -0.4 is 5.73 Å². The van der Waals surface area contributed by atoms with E-state index in [1.54, 1.807) is 12.3 Å². The van der Waals surface area contributed by atoms with E-state index in [0.29, 0.717) is 18.3 Å². The summed E-state index contributed by atoms with van der Waals surface area (Å²) in [4.78, 5) is 17.0. The van der Waals surface area contributed by atoms with E-state index in [-0.39, 0.29) is 29.7 Å². The van der Waals surface area contributed by atoms with Gasteiger partial charge in [-0.15, -0.1) is 0 Å². The first-order chi connectivity index (χ1) is 14.3. The minimum atomic E-state index is -0.909. The predicted molar refractivity (Wildman–Crippen MR) is 116 cm³/mol. The number of nitrogens with two attached hydrogens (primary N) is 1. The molecule has 6 atom stereocenters. The molecule has 0 radical (unpaired) electrons. The summed E-state index contributed by atoms with van der Waals surface area (Å²) in [5, 5.41) is 0. The lowest BCUT2D eigenvalue weighted by molar-refractivity contribution is -0.145. The van der Waals surface area contributed by atoms with Gasteiger partial charge in [-0.25, -0.2) is 4.39 Å². The second kappa shape index (κ2) is 7.95. The minimum Gasteiger partial charge on any atom is -0.461 e. The molecule has 0 spiro atoms. The van der Waals surface area contributed by atoms with Crippen LogP contribution in [0.4, 0.5) is 4.39 Å². The second-order valence-corrected chi connectivity index (χ2v) is 8.85. The number of benzene rings is 1. The Balaban J connectivity index is 1.60. The number of allylic oxidation sites excluding steroid dienone is 1. The largest absolute Gasteiger partial charge is 0.461 e. The van der Waals surface area contributed by atoms with Gasteiger partial charge in [-0.2, -0.15) is 0 Å². The lowest BCUT2D eigenvalue weighted by atomic mass is 9.58. The third kappa shape index (κ3) is 3.56. The highest BCUT2D eigenvalue weighted by Crippen LogP contribution is 2.51. The molecule has 1 aliphatic carbocycles. The van der Waals surface area contributed by atoms with E-state index in [1.165, 1.54) is 12.1 Å². The van der Waals surface area contributed by atoms with Gasteiger partial charge < -0.3 is 10.5 Å². The van der Waals surface area contributed by atoms with E-state index in [2.05, 4.69) is 24.9 Å². The van der Waals surface area contributed by atoms with E-state index in [9.17, 15) is 9.18 Å². The van der Waals surface area contributed by atoms with Crippen molar-refractivity contribution in [2.24, 2.45) is 29.4 Å². The molecule has 158 valence electrons. The first-order valence-electron chi connectivity index (χ1n) is 10.7. The number of aromatic nitrogens is 1. The summed E-state index contributed by atoms with van der Waals surface area (Å²) >= 11 is 0. The van der Waals surface area contributed by atoms with Gasteiger partial charge in [0.2, 0.25) is 0 Å². The first-order valence-corrected chi connectivity index (χ1v) is 10.7. The number of rotatable bonds is 4. The van der Waals surface area contributed by atoms with Gasteiger partial charge in [0.05, 0.1) is 5.69 Å². The summed E-state index contributed by atoms with van der Waals surface area (Å²) in [5.74, 6) is 0.362. The number of ether oxygens (including phenoxy) is 1. The fourth-order valence-electron chi connectivity index (χ4n) is 5.60. The molecule has 2 fully saturated rings. The maximum atomic E-state index is 13.5. The van der Waals surface area contributed by atoms with Gasteiger partial charge in [0.15, 0.2) is 0 Å². The van der Waals surface area contributed by atoms with Crippen molar-refractivity contribution < 1.29 is 13.9 Å². The van der Waals surface area contributed by atoms with Crippen LogP contribution in [-0.2, 0) is 9.53 Å². The van der Waals surface area contributed by atoms with Crippen LogP contribution in [-0.4, -0.2) is 22.6 Å². The Morgan fingerprint density at radius 2 is 2.07 bits per heavy atom. The molecule has 4 rings (SSSR count). The maximum Gasteiger partial charge on any atom is 0.326 e. The number of halogens is 1. The Morgan fingerprint density at radius 1 is 1.27 bits per heavy atom. The molecule has 4 nitrogen and oxygen atoms in total. The molecule has 5 heteroatoms. The zero-order valence-electron chi connectivity index (χ0n) is 17.7. The molecule has 2 heterocycles. The van der Waals surface area contributed by atoms with Crippen molar-refractivity contribution in [1.82, 2.24) is 4.98 Å². The van der Waals surface area contributed by atoms with Gasteiger partial charge in [0.1, 0.15) is 17.5 Å². The van der Waals surface area contributed by atoms with Gasteiger partial charge in [-0.1, -0.05) is 44.5 Å². The fourth-order valence-corrected chi connectivity index (χ4v) is 5.60. The molecule has 1 saturated carbocycles. The zero-order valence-corrected chi connectivity index (χ0v) is 17.7. The molecule has 0 bridgehead atoms. The van der Waals surface area contributed by atoms with E-state index in [0.717, 1.165) is 23.2 Å². The fraction of sp³-hybridized carbons (Fsp3) is 0.440. The summed E-state index contributed by atoms with van der Waals surface area (Å²) < 4.78 is 19.0. The number of nitrogens with zero attached hydrogens (tertiary/aromatic N) is 1. The Hall–Kier alpha value is -2.53. The lowest BCUT2D eigenvalue weighted by Crippen LogP contribution is -2.59. The van der Waals surface area contributed by atoms with Crippen LogP contribution in [0, 0.1) is 29.5 Å². The molecular formula is C25H29FN2O2. The quantitative estimate of drug-likeness (QED) is 0.735. The summed E-state index contributed by atoms with van der Waals surface area (Å²) in [7, 11) is 0. The second-order valence-electron chi connectivity index (χ2n) is 8.85. The van der Waals surface area contributed by atoms with Crippen LogP contribution in [0.3, 0.4) is 0 Å². The van der Waals surface area contributed by atoms with Crippen LogP contribution in [0.1, 0.15) is 39.3 Å². The lowest BCUT2D eigenvalue weighted by Gasteiger charge is -2.46. The van der Waals surface area contributed by atoms with Crippen LogP contribution in [0.2, 0.25) is 0 Å². The van der Waals surface area contributed by atoms with Gasteiger partial charge in [-0.05, 0) is 60.9 Å². The number of pyridine rings is 1. The van der Waals surface area contributed by atoms with E-state index < -0.39 is 5.54 Å². The number of hydrogen-bond donors (Lipinski definition) is 1. The molecule has 2 aromatic rings. The Labute approximate surface area is 177 Å². The minimum absolute atomic E-state index is 0.0334. The number of hydrogen-bond acceptors (Lipinski definition) is 4. The third-order valence-electron chi connectivity index (χ3n) is 6.98. The van der Waals surface area contributed by atoms with Crippen LogP contribution >= 0.6 is 0 Å². The smallest absolute Gasteiger partial charge is 0.326 e. The van der Waals surface area contributed by atoms with Crippen molar-refractivity contribution in [3.05, 3.63) is 60.2 Å². The average Bonchev–Trinajstić information content (AvgIpc) is 2.94. The van der Waals surface area contributed by atoms with Crippen LogP contribution in [0.15, 0.2) is 48.7 Å². The average molecular weight is 409 g/mol. The Morgan fingerprint density at radius 3 is 2.73 bits per heavy atom. The maximum absolute atomic E-state index is 13.5. The SMILES string of the molecule is CC[C@H]1[C@H](C=Cc2ccc(-c3cccc(F)c3)cn2)[C@@H]2[C@@H](C)OC(=O)[C@]2(N)C[C@@H]1C. The Bertz CT molecular complexity index is 958. The van der Waals surface area contributed by atoms with Crippen LogP contribution in [0.5, 0.6) is 0 Å². The zero-order chi connectivity index (χ0) is 21.5. The molecule has 1 saturated heterocycles. The number of carbonyl (C=O) groups excluding carboxylic acids is 1. The van der Waals surface area contributed by atoms with Crippen molar-refractivity contribution in [2.45, 2.75) is 45.3 Å². The highest BCUT2D eigenvalue weighted by Gasteiger charge is 2.60. The highest BCUT2D eigenvalue weighted by atomic mass is 19.1. The molecule has 0 amide bonds. The van der Waals surface area contributed by atoms with Gasteiger partial charge in [0.25, 0.3) is 0 Å². The number of esters is 1. The number of carbonyl (C=O) groups is 1. The molecule has 2 aliphatic rings. The van der Waals surface area contributed by atoms with E-state index in [1.807, 2.05) is 31.2 Å². The molecule has 1 aromatic heterocycles. The predicted octanol–water partition coefficient (Wildman–Crippen LogP) is 4.84. The van der Waals surface area contributed by atoms with Gasteiger partial charge in [-0.3, -0.25) is 9.78 Å². The topological polar surface area (TPSA) is 65.2 Å². The molecule has 1 aromatic carbocycles. The molecular weight excluding hydrogens is 379 g/mol. The monoisotopic (exact) mass is 408 g/mol. The molecule has 2 N–H and O–H groups in total. The molecule has 0 unspecified atom stereocenters. The highest BCUT2D eigenvalue weighted by molar-refractivity contribution is 5.84. The van der Waals surface area contributed by atoms with Crippen molar-refractivity contribution in [3.8, 4) is 11.1 Å². The van der Waals surface area contributed by atoms with E-state index in [4.69, 9.17) is 10.5 Å². The van der Waals surface area contributed by atoms with Crippen molar-refractivity contribution in [2.75, 3.05) is 0 Å². The summed E-state index contributed by atoms with van der Waals surface area (Å²) in [6.07, 6.45) is 7.43. The van der Waals surface area contributed by atoms with Gasteiger partial charge >= 0.3 is 5.97 Å². The standard InChI is InChI=1S/C25H29FN2O2/c1-4-21-15(2)13-25(27)23(16(3)30-24(25)29)22(21)11-10-20-9-8-18(14-28-20)17-6-5-7-19(26)12-17/h5-12,14-16,21-23H,4,13,27H2,1-3H3/t15-,16+,21+,22-,23-,25-/m0/s1. The van der Waals surface area contributed by atoms with Crippen molar-refractivity contribution >= 4 is 12.0 Å². The third-order valence-corrected chi connectivity index (χ3v) is 6.98. The normalized spacial score (nSPS) is 33.5. The first kappa shape index (κ1) is 20.7. The van der Waals surface area contributed by atoms with Gasteiger partial charge in [0, 0.05) is 17.7 Å². The van der Waals surface area contributed by atoms with Crippen molar-refractivity contribution in [1.29, 1.82) is 0 Å². The summed E-state index contributed by atoms with van der Waals surface area (Å²) in [6.45, 7) is 6.33. The van der Waals surface area contributed by atoms with E-state index >= 15 is 0 Å². The number of cyclic esters (lactones) is 1.